The predicted octanol–water partition coefficient (Wildman–Crippen LogP) is 3.30. The molecule has 1 aliphatic heterocycles. The molecule has 1 unspecified atom stereocenters. The normalized spacial score (nSPS) is 23.1. The molecule has 1 aromatic rings. The van der Waals surface area contributed by atoms with E-state index in [1.54, 1.807) is 18.2 Å². The van der Waals surface area contributed by atoms with Crippen LogP contribution in [0.2, 0.25) is 5.02 Å². The minimum absolute atomic E-state index is 0.201. The summed E-state index contributed by atoms with van der Waals surface area (Å²) < 4.78 is 39.7. The lowest BCUT2D eigenvalue weighted by Crippen LogP contribution is -2.47. The zero-order chi connectivity index (χ0) is 15.0. The summed E-state index contributed by atoms with van der Waals surface area (Å²) in [5, 5.41) is 2.97. The molecule has 0 aliphatic carbocycles. The molecule has 1 aromatic carbocycles. The van der Waals surface area contributed by atoms with Crippen LogP contribution in [-0.4, -0.2) is 25.0 Å². The van der Waals surface area contributed by atoms with Crippen molar-refractivity contribution in [3.63, 3.8) is 0 Å². The van der Waals surface area contributed by atoms with Crippen molar-refractivity contribution in [1.29, 1.82) is 0 Å². The van der Waals surface area contributed by atoms with Gasteiger partial charge in [0, 0.05) is 18.0 Å². The van der Waals surface area contributed by atoms with Gasteiger partial charge in [-0.1, -0.05) is 23.7 Å². The molecule has 0 aromatic heterocycles. The molecule has 1 saturated heterocycles. The van der Waals surface area contributed by atoms with Crippen LogP contribution in [0.1, 0.15) is 17.5 Å². The number of carbonyl (C=O) groups is 1. The second-order valence-electron chi connectivity index (χ2n) is 5.20. The highest BCUT2D eigenvalue weighted by Crippen LogP contribution is 2.44. The van der Waals surface area contributed by atoms with Crippen LogP contribution in [0.25, 0.3) is 0 Å². The number of aryl methyl sites for hydroxylation is 1. The molecule has 0 radical (unpaired) electrons. The van der Waals surface area contributed by atoms with Crippen molar-refractivity contribution >= 4 is 17.4 Å². The minimum Gasteiger partial charge on any atom is -0.315 e. The minimum atomic E-state index is -4.54. The number of rotatable bonds is 3. The number of alkyl halides is 3. The average Bonchev–Trinajstić information content (AvgIpc) is 2.82. The van der Waals surface area contributed by atoms with Gasteiger partial charge in [-0.05, 0) is 37.1 Å². The monoisotopic (exact) mass is 305 g/mol. The molecule has 1 N–H and O–H groups in total. The molecule has 2 nitrogen and oxygen atoms in total. The highest BCUT2D eigenvalue weighted by Gasteiger charge is 2.60. The second kappa shape index (κ2) is 5.37. The highest BCUT2D eigenvalue weighted by atomic mass is 35.5. The van der Waals surface area contributed by atoms with Crippen molar-refractivity contribution in [1.82, 2.24) is 5.32 Å². The highest BCUT2D eigenvalue weighted by molar-refractivity contribution is 6.31. The number of halogens is 4. The maximum atomic E-state index is 13.2. The Morgan fingerprint density at radius 3 is 2.65 bits per heavy atom. The molecule has 0 bridgehead atoms. The number of benzene rings is 1. The molecule has 110 valence electrons. The fourth-order valence-corrected chi connectivity index (χ4v) is 2.77. The van der Waals surface area contributed by atoms with Gasteiger partial charge in [-0.25, -0.2) is 0 Å². The van der Waals surface area contributed by atoms with E-state index in [1.165, 1.54) is 0 Å². The third-order valence-corrected chi connectivity index (χ3v) is 4.14. The maximum Gasteiger partial charge on any atom is 0.402 e. The molecule has 6 heteroatoms. The first-order valence-corrected chi connectivity index (χ1v) is 6.70. The smallest absolute Gasteiger partial charge is 0.315 e. The largest absolute Gasteiger partial charge is 0.402 e. The van der Waals surface area contributed by atoms with Crippen LogP contribution >= 0.6 is 11.6 Å². The van der Waals surface area contributed by atoms with Crippen molar-refractivity contribution in [3.8, 4) is 0 Å². The van der Waals surface area contributed by atoms with Gasteiger partial charge in [-0.3, -0.25) is 4.79 Å². The topological polar surface area (TPSA) is 29.1 Å². The van der Waals surface area contributed by atoms with E-state index in [-0.39, 0.29) is 25.9 Å². The predicted molar refractivity (Wildman–Crippen MR) is 70.9 cm³/mol. The number of nitrogens with one attached hydrogen (secondary N) is 1. The Balaban J connectivity index is 2.26. The molecular weight excluding hydrogens is 291 g/mol. The van der Waals surface area contributed by atoms with Crippen LogP contribution in [0.3, 0.4) is 0 Å². The second-order valence-corrected chi connectivity index (χ2v) is 5.61. The molecule has 0 saturated carbocycles. The van der Waals surface area contributed by atoms with Crippen LogP contribution in [0, 0.1) is 12.3 Å². The van der Waals surface area contributed by atoms with Crippen LogP contribution in [0.4, 0.5) is 13.2 Å². The average molecular weight is 306 g/mol. The van der Waals surface area contributed by atoms with Crippen LogP contribution < -0.4 is 5.32 Å². The summed E-state index contributed by atoms with van der Waals surface area (Å²) in [5.41, 5.74) is -0.932. The lowest BCUT2D eigenvalue weighted by molar-refractivity contribution is -0.214. The van der Waals surface area contributed by atoms with Gasteiger partial charge in [-0.2, -0.15) is 13.2 Å². The third-order valence-electron chi connectivity index (χ3n) is 3.79. The molecular formula is C14H15ClF3NO. The molecule has 1 atom stereocenters. The van der Waals surface area contributed by atoms with Crippen molar-refractivity contribution in [2.24, 2.45) is 5.41 Å². The molecule has 1 fully saturated rings. The van der Waals surface area contributed by atoms with E-state index >= 15 is 0 Å². The standard InChI is InChI=1S/C14H15ClF3NO/c1-9-2-3-10(11(15)6-9)7-12(20)13(14(16,17)18)4-5-19-8-13/h2-3,6,19H,4-5,7-8H2,1H3. The molecule has 1 heterocycles. The van der Waals surface area contributed by atoms with Crippen LogP contribution in [-0.2, 0) is 11.2 Å². The Bertz CT molecular complexity index is 522. The van der Waals surface area contributed by atoms with E-state index in [1.807, 2.05) is 6.92 Å². The molecule has 0 spiro atoms. The first kappa shape index (κ1) is 15.3. The van der Waals surface area contributed by atoms with Gasteiger partial charge in [0.15, 0.2) is 5.78 Å². The maximum absolute atomic E-state index is 13.2. The van der Waals surface area contributed by atoms with Crippen LogP contribution in [0.5, 0.6) is 0 Å². The quantitative estimate of drug-likeness (QED) is 0.928. The Hall–Kier alpha value is -1.07. The van der Waals surface area contributed by atoms with Gasteiger partial charge in [-0.15, -0.1) is 0 Å². The summed E-state index contributed by atoms with van der Waals surface area (Å²) >= 11 is 5.99. The number of hydrogen-bond donors (Lipinski definition) is 1. The lowest BCUT2D eigenvalue weighted by atomic mass is 9.79. The van der Waals surface area contributed by atoms with E-state index in [2.05, 4.69) is 5.32 Å². The number of Topliss-reactive ketones (excluding diaryl/α,β-unsaturated/α-hetero) is 1. The van der Waals surface area contributed by atoms with Gasteiger partial charge in [0.05, 0.1) is 0 Å². The van der Waals surface area contributed by atoms with Crippen LogP contribution in [0.15, 0.2) is 18.2 Å². The number of carbonyl (C=O) groups excluding carboxylic acids is 1. The number of ketones is 1. The summed E-state index contributed by atoms with van der Waals surface area (Å²) in [5.74, 6) is -0.819. The van der Waals surface area contributed by atoms with E-state index in [0.717, 1.165) is 5.56 Å². The van der Waals surface area contributed by atoms with Gasteiger partial charge in [0.1, 0.15) is 5.41 Å². The Morgan fingerprint density at radius 2 is 2.15 bits per heavy atom. The van der Waals surface area contributed by atoms with Gasteiger partial charge in [0.25, 0.3) is 0 Å². The van der Waals surface area contributed by atoms with E-state index in [0.29, 0.717) is 10.6 Å². The van der Waals surface area contributed by atoms with Crippen molar-refractivity contribution < 1.29 is 18.0 Å². The fraction of sp³-hybridized carbons (Fsp3) is 0.500. The molecule has 0 amide bonds. The molecule has 2 rings (SSSR count). The van der Waals surface area contributed by atoms with Crippen molar-refractivity contribution in [2.75, 3.05) is 13.1 Å². The zero-order valence-corrected chi connectivity index (χ0v) is 11.7. The van der Waals surface area contributed by atoms with E-state index in [9.17, 15) is 18.0 Å². The van der Waals surface area contributed by atoms with Gasteiger partial charge < -0.3 is 5.32 Å². The first-order chi connectivity index (χ1) is 9.26. The van der Waals surface area contributed by atoms with Gasteiger partial charge >= 0.3 is 6.18 Å². The Kier molecular flexibility index (Phi) is 4.12. The summed E-state index contributed by atoms with van der Waals surface area (Å²) in [6.07, 6.45) is -5.04. The first-order valence-electron chi connectivity index (χ1n) is 6.32. The summed E-state index contributed by atoms with van der Waals surface area (Å²) in [7, 11) is 0. The summed E-state index contributed by atoms with van der Waals surface area (Å²) in [6, 6.07) is 5.00. The van der Waals surface area contributed by atoms with Crippen molar-refractivity contribution in [2.45, 2.75) is 25.9 Å². The Labute approximate surface area is 120 Å². The molecule has 20 heavy (non-hydrogen) atoms. The molecule has 1 aliphatic rings. The van der Waals surface area contributed by atoms with E-state index < -0.39 is 17.4 Å². The summed E-state index contributed by atoms with van der Waals surface area (Å²) in [6.45, 7) is 1.68. The van der Waals surface area contributed by atoms with Crippen molar-refractivity contribution in [3.05, 3.63) is 34.3 Å². The fourth-order valence-electron chi connectivity index (χ4n) is 2.47. The third kappa shape index (κ3) is 2.69. The Morgan fingerprint density at radius 1 is 1.45 bits per heavy atom. The number of hydrogen-bond acceptors (Lipinski definition) is 2. The lowest BCUT2D eigenvalue weighted by Gasteiger charge is -2.29. The van der Waals surface area contributed by atoms with E-state index in [4.69, 9.17) is 11.6 Å². The summed E-state index contributed by atoms with van der Waals surface area (Å²) in [4.78, 5) is 12.2. The zero-order valence-electron chi connectivity index (χ0n) is 11.0. The van der Waals surface area contributed by atoms with Gasteiger partial charge in [0.2, 0.25) is 0 Å². The SMILES string of the molecule is Cc1ccc(CC(=O)C2(C(F)(F)F)CCNC2)c(Cl)c1.